The number of hydrogen-bond donors (Lipinski definition) is 0. The molecule has 0 spiro atoms. The van der Waals surface area contributed by atoms with Crippen LogP contribution < -0.4 is 14.8 Å². The number of aromatic nitrogens is 2. The van der Waals surface area contributed by atoms with Gasteiger partial charge in [-0.2, -0.15) is 0 Å². The number of thiazole rings is 1. The van der Waals surface area contributed by atoms with E-state index >= 15 is 0 Å². The van der Waals surface area contributed by atoms with Gasteiger partial charge in [-0.3, -0.25) is 4.79 Å². The molecule has 0 bridgehead atoms. The van der Waals surface area contributed by atoms with Gasteiger partial charge in [-0.15, -0.1) is 0 Å². The van der Waals surface area contributed by atoms with Gasteiger partial charge in [0.05, 0.1) is 15.6 Å². The van der Waals surface area contributed by atoms with Crippen molar-refractivity contribution in [3.8, 4) is 5.75 Å². The lowest BCUT2D eigenvalue weighted by atomic mass is 10.1. The lowest BCUT2D eigenvalue weighted by molar-refractivity contribution is 0.305. The topological polar surface area (TPSA) is 43.6 Å². The summed E-state index contributed by atoms with van der Waals surface area (Å²) in [5.41, 5.74) is 3.53. The maximum atomic E-state index is 13.2. The normalized spacial score (nSPS) is 12.2. The summed E-state index contributed by atoms with van der Waals surface area (Å²) >= 11 is 4.93. The third kappa shape index (κ3) is 3.71. The first-order valence-corrected chi connectivity index (χ1v) is 12.1. The molecular weight excluding hydrogens is 496 g/mol. The van der Waals surface area contributed by atoms with Crippen LogP contribution in [0.1, 0.15) is 11.1 Å². The molecular formula is C27H17BrN2O2S. The van der Waals surface area contributed by atoms with E-state index in [0.29, 0.717) is 16.1 Å². The molecule has 0 amide bonds. The van der Waals surface area contributed by atoms with Crippen LogP contribution in [0.3, 0.4) is 0 Å². The van der Waals surface area contributed by atoms with Crippen molar-refractivity contribution in [2.24, 2.45) is 0 Å². The van der Waals surface area contributed by atoms with Crippen molar-refractivity contribution in [2.75, 3.05) is 0 Å². The average Bonchev–Trinajstić information content (AvgIpc) is 3.34. The summed E-state index contributed by atoms with van der Waals surface area (Å²) in [4.78, 5) is 18.5. The van der Waals surface area contributed by atoms with E-state index in [1.54, 1.807) is 4.40 Å². The van der Waals surface area contributed by atoms with Gasteiger partial charge in [-0.05, 0) is 58.8 Å². The molecule has 0 unspecified atom stereocenters. The van der Waals surface area contributed by atoms with E-state index in [1.807, 2.05) is 60.7 Å². The largest absolute Gasteiger partial charge is 0.488 e. The van der Waals surface area contributed by atoms with Crippen LogP contribution in [0.15, 0.2) is 94.2 Å². The molecule has 6 heteroatoms. The Hall–Kier alpha value is -3.48. The van der Waals surface area contributed by atoms with E-state index in [0.717, 1.165) is 32.4 Å². The first-order chi connectivity index (χ1) is 16.2. The minimum absolute atomic E-state index is 0.0656. The lowest BCUT2D eigenvalue weighted by Crippen LogP contribution is -2.22. The SMILES string of the molecule is O=c1c(=Cc2cc(Br)ccc2OCc2ccc3ccccc3c2)sc2nc3ccccc3n12. The van der Waals surface area contributed by atoms with Crippen LogP contribution in [0, 0.1) is 0 Å². The Balaban J connectivity index is 1.38. The zero-order valence-corrected chi connectivity index (χ0v) is 19.8. The zero-order chi connectivity index (χ0) is 22.4. The van der Waals surface area contributed by atoms with Crippen molar-refractivity contribution >= 4 is 60.1 Å². The molecule has 33 heavy (non-hydrogen) atoms. The minimum Gasteiger partial charge on any atom is -0.488 e. The van der Waals surface area contributed by atoms with Gasteiger partial charge in [0.2, 0.25) is 0 Å². The van der Waals surface area contributed by atoms with Crippen LogP contribution in [0.2, 0.25) is 0 Å². The third-order valence-corrected chi connectivity index (χ3v) is 7.07. The van der Waals surface area contributed by atoms with Gasteiger partial charge in [0.25, 0.3) is 5.56 Å². The number of ether oxygens (including phenoxy) is 1. The fourth-order valence-corrected chi connectivity index (χ4v) is 5.36. The molecule has 0 N–H and O–H groups in total. The molecule has 0 aliphatic carbocycles. The van der Waals surface area contributed by atoms with Gasteiger partial charge in [0.15, 0.2) is 4.96 Å². The second kappa shape index (κ2) is 8.14. The third-order valence-electron chi connectivity index (χ3n) is 5.61. The number of nitrogens with zero attached hydrogens (tertiary/aromatic N) is 2. The molecule has 0 saturated carbocycles. The Morgan fingerprint density at radius 3 is 2.67 bits per heavy atom. The molecule has 6 aromatic rings. The van der Waals surface area contributed by atoms with Gasteiger partial charge in [-0.25, -0.2) is 9.38 Å². The Bertz CT molecular complexity index is 1770. The molecule has 4 nitrogen and oxygen atoms in total. The predicted molar refractivity (Wildman–Crippen MR) is 138 cm³/mol. The van der Waals surface area contributed by atoms with Crippen LogP contribution >= 0.6 is 27.3 Å². The summed E-state index contributed by atoms with van der Waals surface area (Å²) in [5.74, 6) is 0.724. The smallest absolute Gasteiger partial charge is 0.274 e. The van der Waals surface area contributed by atoms with Crippen LogP contribution in [-0.2, 0) is 6.61 Å². The van der Waals surface area contributed by atoms with E-state index < -0.39 is 0 Å². The van der Waals surface area contributed by atoms with Gasteiger partial charge in [-0.1, -0.05) is 75.8 Å². The molecule has 2 heterocycles. The highest BCUT2D eigenvalue weighted by Gasteiger charge is 2.12. The van der Waals surface area contributed by atoms with E-state index in [1.165, 1.54) is 22.1 Å². The first kappa shape index (κ1) is 20.1. The Kier molecular flexibility index (Phi) is 4.97. The van der Waals surface area contributed by atoms with Gasteiger partial charge in [0, 0.05) is 10.0 Å². The van der Waals surface area contributed by atoms with E-state index in [-0.39, 0.29) is 5.56 Å². The fraction of sp³-hybridized carbons (Fsp3) is 0.0370. The second-order valence-electron chi connectivity index (χ2n) is 7.79. The molecule has 160 valence electrons. The number of fused-ring (bicyclic) bond motifs is 4. The Morgan fingerprint density at radius 2 is 1.76 bits per heavy atom. The quantitative estimate of drug-likeness (QED) is 0.293. The van der Waals surface area contributed by atoms with Crippen LogP contribution in [-0.4, -0.2) is 9.38 Å². The average molecular weight is 513 g/mol. The van der Waals surface area contributed by atoms with Gasteiger partial charge >= 0.3 is 0 Å². The van der Waals surface area contributed by atoms with E-state index in [9.17, 15) is 4.79 Å². The highest BCUT2D eigenvalue weighted by molar-refractivity contribution is 9.10. The van der Waals surface area contributed by atoms with E-state index in [4.69, 9.17) is 4.74 Å². The van der Waals surface area contributed by atoms with Crippen molar-refractivity contribution in [3.63, 3.8) is 0 Å². The zero-order valence-electron chi connectivity index (χ0n) is 17.4. The first-order valence-electron chi connectivity index (χ1n) is 10.5. The fourth-order valence-electron chi connectivity index (χ4n) is 4.01. The van der Waals surface area contributed by atoms with Crippen LogP contribution in [0.4, 0.5) is 0 Å². The summed E-state index contributed by atoms with van der Waals surface area (Å²) in [5, 5.41) is 2.39. The molecule has 4 aromatic carbocycles. The standard InChI is InChI=1S/C27H17BrN2O2S/c28-21-11-12-24(32-16-17-9-10-18-5-1-2-6-19(18)13-17)20(14-21)15-25-26(31)30-23-8-4-3-7-22(23)29-27(30)33-25/h1-15H,16H2. The van der Waals surface area contributed by atoms with Crippen molar-refractivity contribution < 1.29 is 4.74 Å². The molecule has 0 fully saturated rings. The number of halogens is 1. The summed E-state index contributed by atoms with van der Waals surface area (Å²) < 4.78 is 9.42. The van der Waals surface area contributed by atoms with Crippen LogP contribution in [0.25, 0.3) is 32.8 Å². The molecule has 0 atom stereocenters. The van der Waals surface area contributed by atoms with Crippen molar-refractivity contribution in [2.45, 2.75) is 6.61 Å². The molecule has 6 rings (SSSR count). The summed E-state index contributed by atoms with van der Waals surface area (Å²) in [6.07, 6.45) is 1.89. The van der Waals surface area contributed by atoms with Gasteiger partial charge in [0.1, 0.15) is 12.4 Å². The van der Waals surface area contributed by atoms with Crippen molar-refractivity contribution in [1.82, 2.24) is 9.38 Å². The number of imidazole rings is 1. The number of hydrogen-bond acceptors (Lipinski definition) is 4. The molecule has 0 aliphatic rings. The molecule has 2 aromatic heterocycles. The summed E-state index contributed by atoms with van der Waals surface area (Å²) in [6.45, 7) is 0.440. The highest BCUT2D eigenvalue weighted by atomic mass is 79.9. The molecule has 0 radical (unpaired) electrons. The predicted octanol–water partition coefficient (Wildman–Crippen LogP) is 5.95. The minimum atomic E-state index is -0.0656. The maximum Gasteiger partial charge on any atom is 0.274 e. The van der Waals surface area contributed by atoms with Gasteiger partial charge < -0.3 is 4.74 Å². The highest BCUT2D eigenvalue weighted by Crippen LogP contribution is 2.26. The summed E-state index contributed by atoms with van der Waals surface area (Å²) in [7, 11) is 0. The Labute approximate surface area is 201 Å². The van der Waals surface area contributed by atoms with E-state index in [2.05, 4.69) is 51.2 Å². The Morgan fingerprint density at radius 1 is 0.939 bits per heavy atom. The number of para-hydroxylation sites is 2. The molecule has 0 saturated heterocycles. The van der Waals surface area contributed by atoms with Crippen molar-refractivity contribution in [3.05, 3.63) is 115 Å². The second-order valence-corrected chi connectivity index (χ2v) is 9.71. The molecule has 0 aliphatic heterocycles. The number of benzene rings is 4. The monoisotopic (exact) mass is 512 g/mol. The van der Waals surface area contributed by atoms with Crippen molar-refractivity contribution in [1.29, 1.82) is 0 Å². The number of rotatable bonds is 4. The summed E-state index contributed by atoms with van der Waals surface area (Å²) in [6, 6.07) is 28.1. The maximum absolute atomic E-state index is 13.2. The lowest BCUT2D eigenvalue weighted by Gasteiger charge is -2.10. The van der Waals surface area contributed by atoms with Crippen LogP contribution in [0.5, 0.6) is 5.75 Å².